The fourth-order valence-electron chi connectivity index (χ4n) is 2.60. The summed E-state index contributed by atoms with van der Waals surface area (Å²) in [5.74, 6) is 5.73. The standard InChI is InChI=1S/C14H15FN4/c1-8-12(15)14(19-16)18-13(17-8)11-6-9-4-2-3-5-10(9)7-11/h2-5,11H,6-7,16H2,1H3,(H,17,18,19). The van der Waals surface area contributed by atoms with Crippen LogP contribution >= 0.6 is 0 Å². The lowest BCUT2D eigenvalue weighted by Crippen LogP contribution is -2.15. The monoisotopic (exact) mass is 258 g/mol. The first-order valence-electron chi connectivity index (χ1n) is 6.26. The second kappa shape index (κ2) is 4.59. The Morgan fingerprint density at radius 1 is 1.21 bits per heavy atom. The number of anilines is 1. The maximum Gasteiger partial charge on any atom is 0.187 e. The van der Waals surface area contributed by atoms with Crippen molar-refractivity contribution in [1.29, 1.82) is 0 Å². The summed E-state index contributed by atoms with van der Waals surface area (Å²) in [6, 6.07) is 8.30. The molecule has 1 aliphatic rings. The van der Waals surface area contributed by atoms with Gasteiger partial charge in [-0.3, -0.25) is 0 Å². The molecule has 98 valence electrons. The van der Waals surface area contributed by atoms with Crippen LogP contribution in [-0.2, 0) is 12.8 Å². The van der Waals surface area contributed by atoms with E-state index in [0.29, 0.717) is 11.5 Å². The third-order valence-corrected chi connectivity index (χ3v) is 3.59. The number of benzene rings is 1. The first-order valence-corrected chi connectivity index (χ1v) is 6.26. The largest absolute Gasteiger partial charge is 0.306 e. The maximum atomic E-state index is 13.7. The van der Waals surface area contributed by atoms with Crippen molar-refractivity contribution in [2.45, 2.75) is 25.7 Å². The maximum absolute atomic E-state index is 13.7. The van der Waals surface area contributed by atoms with Gasteiger partial charge >= 0.3 is 0 Å². The smallest absolute Gasteiger partial charge is 0.187 e. The Kier molecular flexibility index (Phi) is 2.91. The first kappa shape index (κ1) is 12.0. The fourth-order valence-corrected chi connectivity index (χ4v) is 2.60. The number of hydrogen-bond acceptors (Lipinski definition) is 4. The van der Waals surface area contributed by atoms with E-state index in [9.17, 15) is 4.39 Å². The van der Waals surface area contributed by atoms with Crippen molar-refractivity contribution in [2.75, 3.05) is 5.43 Å². The highest BCUT2D eigenvalue weighted by Crippen LogP contribution is 2.33. The number of nitrogens with two attached hydrogens (primary N) is 1. The molecule has 3 rings (SSSR count). The van der Waals surface area contributed by atoms with Crippen LogP contribution in [0.5, 0.6) is 0 Å². The lowest BCUT2D eigenvalue weighted by molar-refractivity contribution is 0.587. The van der Waals surface area contributed by atoms with Crippen molar-refractivity contribution in [3.8, 4) is 0 Å². The molecule has 1 heterocycles. The van der Waals surface area contributed by atoms with E-state index in [1.807, 2.05) is 12.1 Å². The Balaban J connectivity index is 1.95. The Morgan fingerprint density at radius 2 is 1.84 bits per heavy atom. The van der Waals surface area contributed by atoms with E-state index < -0.39 is 5.82 Å². The van der Waals surface area contributed by atoms with Crippen LogP contribution in [0.4, 0.5) is 10.2 Å². The summed E-state index contributed by atoms with van der Waals surface area (Å²) in [5, 5.41) is 0. The van der Waals surface area contributed by atoms with E-state index >= 15 is 0 Å². The number of aryl methyl sites for hydroxylation is 1. The minimum atomic E-state index is -0.484. The molecule has 3 N–H and O–H groups in total. The number of nitrogens with zero attached hydrogens (tertiary/aromatic N) is 2. The zero-order chi connectivity index (χ0) is 13.4. The summed E-state index contributed by atoms with van der Waals surface area (Å²) in [7, 11) is 0. The molecule has 0 radical (unpaired) electrons. The molecule has 0 saturated carbocycles. The first-order chi connectivity index (χ1) is 9.19. The van der Waals surface area contributed by atoms with Crippen molar-refractivity contribution in [3.63, 3.8) is 0 Å². The number of rotatable bonds is 2. The molecule has 19 heavy (non-hydrogen) atoms. The van der Waals surface area contributed by atoms with Crippen LogP contribution in [0.25, 0.3) is 0 Å². The number of halogens is 1. The average Bonchev–Trinajstić information content (AvgIpc) is 2.85. The SMILES string of the molecule is Cc1nc(C2Cc3ccccc3C2)nc(NN)c1F. The Morgan fingerprint density at radius 3 is 2.42 bits per heavy atom. The second-order valence-corrected chi connectivity index (χ2v) is 4.85. The van der Waals surface area contributed by atoms with Crippen LogP contribution < -0.4 is 11.3 Å². The molecule has 0 atom stereocenters. The van der Waals surface area contributed by atoms with E-state index in [0.717, 1.165) is 12.8 Å². The van der Waals surface area contributed by atoms with E-state index in [2.05, 4.69) is 27.5 Å². The van der Waals surface area contributed by atoms with E-state index in [4.69, 9.17) is 5.84 Å². The van der Waals surface area contributed by atoms with Gasteiger partial charge in [-0.25, -0.2) is 20.2 Å². The number of nitrogens with one attached hydrogen (secondary N) is 1. The molecule has 0 spiro atoms. The quantitative estimate of drug-likeness (QED) is 0.639. The van der Waals surface area contributed by atoms with Gasteiger partial charge in [-0.1, -0.05) is 24.3 Å². The zero-order valence-electron chi connectivity index (χ0n) is 10.7. The molecule has 1 aliphatic carbocycles. The van der Waals surface area contributed by atoms with E-state index in [1.165, 1.54) is 11.1 Å². The van der Waals surface area contributed by atoms with Gasteiger partial charge in [0.05, 0.1) is 5.69 Å². The molecule has 0 aliphatic heterocycles. The molecule has 0 amide bonds. The molecule has 0 saturated heterocycles. The van der Waals surface area contributed by atoms with Crippen LogP contribution in [0.15, 0.2) is 24.3 Å². The molecule has 1 aromatic heterocycles. The highest BCUT2D eigenvalue weighted by molar-refractivity contribution is 5.39. The summed E-state index contributed by atoms with van der Waals surface area (Å²) >= 11 is 0. The van der Waals surface area contributed by atoms with Crippen molar-refractivity contribution in [1.82, 2.24) is 9.97 Å². The van der Waals surface area contributed by atoms with Gasteiger partial charge in [0.25, 0.3) is 0 Å². The topological polar surface area (TPSA) is 63.8 Å². The summed E-state index contributed by atoms with van der Waals surface area (Å²) in [4.78, 5) is 8.46. The minimum Gasteiger partial charge on any atom is -0.306 e. The lowest BCUT2D eigenvalue weighted by Gasteiger charge is -2.11. The third kappa shape index (κ3) is 2.06. The molecule has 0 fully saturated rings. The van der Waals surface area contributed by atoms with Crippen LogP contribution in [0.3, 0.4) is 0 Å². The van der Waals surface area contributed by atoms with Gasteiger partial charge in [-0.15, -0.1) is 0 Å². The van der Waals surface area contributed by atoms with Crippen LogP contribution in [0.1, 0.15) is 28.6 Å². The summed E-state index contributed by atoms with van der Waals surface area (Å²) in [6.07, 6.45) is 1.79. The highest BCUT2D eigenvalue weighted by Gasteiger charge is 2.26. The molecule has 1 aromatic carbocycles. The molecular weight excluding hydrogens is 243 g/mol. The Hall–Kier alpha value is -2.01. The average molecular weight is 258 g/mol. The predicted molar refractivity (Wildman–Crippen MR) is 71.1 cm³/mol. The van der Waals surface area contributed by atoms with Gasteiger partial charge in [-0.2, -0.15) is 0 Å². The van der Waals surface area contributed by atoms with Gasteiger partial charge in [0.2, 0.25) is 0 Å². The number of hydrazine groups is 1. The second-order valence-electron chi connectivity index (χ2n) is 4.85. The van der Waals surface area contributed by atoms with Crippen molar-refractivity contribution in [2.24, 2.45) is 5.84 Å². The van der Waals surface area contributed by atoms with Crippen LogP contribution in [-0.4, -0.2) is 9.97 Å². The van der Waals surface area contributed by atoms with Crippen LogP contribution in [0, 0.1) is 12.7 Å². The molecular formula is C14H15FN4. The van der Waals surface area contributed by atoms with Gasteiger partial charge in [0.1, 0.15) is 5.82 Å². The number of aromatic nitrogens is 2. The van der Waals surface area contributed by atoms with Crippen molar-refractivity contribution < 1.29 is 4.39 Å². The highest BCUT2D eigenvalue weighted by atomic mass is 19.1. The number of nitrogen functional groups attached to an aromatic ring is 1. The number of fused-ring (bicyclic) bond motifs is 1. The molecule has 2 aromatic rings. The van der Waals surface area contributed by atoms with E-state index in [-0.39, 0.29) is 11.7 Å². The Labute approximate surface area is 110 Å². The fraction of sp³-hybridized carbons (Fsp3) is 0.286. The van der Waals surface area contributed by atoms with Crippen LogP contribution in [0.2, 0.25) is 0 Å². The Bertz CT molecular complexity index is 602. The summed E-state index contributed by atoms with van der Waals surface area (Å²) < 4.78 is 13.7. The lowest BCUT2D eigenvalue weighted by atomic mass is 10.1. The van der Waals surface area contributed by atoms with E-state index in [1.54, 1.807) is 6.92 Å². The number of hydrogen-bond donors (Lipinski definition) is 2. The van der Waals surface area contributed by atoms with Crippen molar-refractivity contribution >= 4 is 5.82 Å². The van der Waals surface area contributed by atoms with Crippen molar-refractivity contribution in [3.05, 3.63) is 52.7 Å². The zero-order valence-corrected chi connectivity index (χ0v) is 10.7. The molecule has 5 heteroatoms. The molecule has 4 nitrogen and oxygen atoms in total. The molecule has 0 unspecified atom stereocenters. The van der Waals surface area contributed by atoms with Gasteiger partial charge in [0.15, 0.2) is 11.6 Å². The van der Waals surface area contributed by atoms with Gasteiger partial charge in [-0.05, 0) is 30.9 Å². The van der Waals surface area contributed by atoms with Gasteiger partial charge < -0.3 is 5.43 Å². The van der Waals surface area contributed by atoms with Gasteiger partial charge in [0, 0.05) is 5.92 Å². The predicted octanol–water partition coefficient (Wildman–Crippen LogP) is 2.09. The molecule has 0 bridgehead atoms. The minimum absolute atomic E-state index is 0.0680. The summed E-state index contributed by atoms with van der Waals surface area (Å²) in [6.45, 7) is 1.63. The third-order valence-electron chi connectivity index (χ3n) is 3.59. The normalized spacial score (nSPS) is 14.5. The summed E-state index contributed by atoms with van der Waals surface area (Å²) in [5.41, 5.74) is 5.26.